The van der Waals surface area contributed by atoms with Crippen molar-refractivity contribution in [3.05, 3.63) is 28.5 Å². The zero-order valence-corrected chi connectivity index (χ0v) is 11.8. The summed E-state index contributed by atoms with van der Waals surface area (Å²) in [5, 5.41) is 2.92. The van der Waals surface area contributed by atoms with Crippen molar-refractivity contribution >= 4 is 27.7 Å². The SMILES string of the molecule is CC1(C)NCC(=O)N(Cc2cncc(Br)c2)C1=O. The van der Waals surface area contributed by atoms with Gasteiger partial charge in [-0.05, 0) is 41.4 Å². The zero-order valence-electron chi connectivity index (χ0n) is 10.2. The summed E-state index contributed by atoms with van der Waals surface area (Å²) in [6.07, 6.45) is 3.31. The van der Waals surface area contributed by atoms with Crippen molar-refractivity contribution in [1.29, 1.82) is 0 Å². The standard InChI is InChI=1S/C12H14BrN3O2/c1-12(2)11(18)16(10(17)6-15-12)7-8-3-9(13)5-14-4-8/h3-5,15H,6-7H2,1-2H3. The van der Waals surface area contributed by atoms with Crippen molar-refractivity contribution in [3.63, 3.8) is 0 Å². The molecule has 0 aromatic carbocycles. The van der Waals surface area contributed by atoms with Gasteiger partial charge in [0.05, 0.1) is 18.6 Å². The van der Waals surface area contributed by atoms with E-state index in [1.807, 2.05) is 6.07 Å². The summed E-state index contributed by atoms with van der Waals surface area (Å²) in [4.78, 5) is 29.3. The van der Waals surface area contributed by atoms with Gasteiger partial charge in [0.25, 0.3) is 0 Å². The average molecular weight is 312 g/mol. The van der Waals surface area contributed by atoms with Crippen LogP contribution < -0.4 is 5.32 Å². The lowest BCUT2D eigenvalue weighted by Gasteiger charge is -2.36. The van der Waals surface area contributed by atoms with Gasteiger partial charge in [0.15, 0.2) is 0 Å². The number of hydrogen-bond acceptors (Lipinski definition) is 4. The Balaban J connectivity index is 2.21. The van der Waals surface area contributed by atoms with Crippen LogP contribution >= 0.6 is 15.9 Å². The van der Waals surface area contributed by atoms with Crippen LogP contribution in [0.15, 0.2) is 22.9 Å². The first kappa shape index (κ1) is 13.2. The maximum Gasteiger partial charge on any atom is 0.249 e. The average Bonchev–Trinajstić information content (AvgIpc) is 2.31. The van der Waals surface area contributed by atoms with E-state index in [1.165, 1.54) is 4.90 Å². The van der Waals surface area contributed by atoms with Crippen LogP contribution in [0.2, 0.25) is 0 Å². The second-order valence-electron chi connectivity index (χ2n) is 4.77. The lowest BCUT2D eigenvalue weighted by Crippen LogP contribution is -2.63. The normalized spacial score (nSPS) is 19.2. The van der Waals surface area contributed by atoms with E-state index in [0.29, 0.717) is 0 Å². The summed E-state index contributed by atoms with van der Waals surface area (Å²) >= 11 is 3.32. The highest BCUT2D eigenvalue weighted by atomic mass is 79.9. The van der Waals surface area contributed by atoms with Gasteiger partial charge in [0.2, 0.25) is 11.8 Å². The van der Waals surface area contributed by atoms with E-state index in [9.17, 15) is 9.59 Å². The number of nitrogens with zero attached hydrogens (tertiary/aromatic N) is 2. The molecule has 0 spiro atoms. The largest absolute Gasteiger partial charge is 0.295 e. The molecule has 2 amide bonds. The minimum Gasteiger partial charge on any atom is -0.295 e. The lowest BCUT2D eigenvalue weighted by molar-refractivity contribution is -0.153. The summed E-state index contributed by atoms with van der Waals surface area (Å²) in [6.45, 7) is 3.98. The minimum absolute atomic E-state index is 0.181. The number of pyridine rings is 1. The van der Waals surface area contributed by atoms with Gasteiger partial charge in [0.1, 0.15) is 0 Å². The second-order valence-corrected chi connectivity index (χ2v) is 5.69. The number of amides is 2. The molecule has 0 bridgehead atoms. The molecular formula is C12H14BrN3O2. The first-order valence-corrected chi connectivity index (χ1v) is 6.39. The Kier molecular flexibility index (Phi) is 3.49. The summed E-state index contributed by atoms with van der Waals surface area (Å²) in [6, 6.07) is 1.85. The summed E-state index contributed by atoms with van der Waals surface area (Å²) in [5.74, 6) is -0.418. The highest BCUT2D eigenvalue weighted by molar-refractivity contribution is 9.10. The summed E-state index contributed by atoms with van der Waals surface area (Å²) < 4.78 is 0.828. The molecule has 1 fully saturated rings. The third-order valence-electron chi connectivity index (χ3n) is 2.86. The monoisotopic (exact) mass is 311 g/mol. The van der Waals surface area contributed by atoms with E-state index >= 15 is 0 Å². The number of imide groups is 1. The third kappa shape index (κ3) is 2.59. The molecule has 18 heavy (non-hydrogen) atoms. The highest BCUT2D eigenvalue weighted by Crippen LogP contribution is 2.17. The van der Waals surface area contributed by atoms with E-state index in [0.717, 1.165) is 10.0 Å². The van der Waals surface area contributed by atoms with Crippen molar-refractivity contribution in [1.82, 2.24) is 15.2 Å². The van der Waals surface area contributed by atoms with Crippen molar-refractivity contribution in [2.75, 3.05) is 6.54 Å². The fourth-order valence-electron chi connectivity index (χ4n) is 1.80. The smallest absolute Gasteiger partial charge is 0.249 e. The molecule has 1 aliphatic heterocycles. The quantitative estimate of drug-likeness (QED) is 0.830. The molecule has 1 aliphatic rings. The predicted octanol–water partition coefficient (Wildman–Crippen LogP) is 1.08. The maximum atomic E-state index is 12.2. The molecule has 0 aliphatic carbocycles. The van der Waals surface area contributed by atoms with Gasteiger partial charge >= 0.3 is 0 Å². The van der Waals surface area contributed by atoms with Crippen LogP contribution in [0, 0.1) is 0 Å². The molecule has 0 radical (unpaired) electrons. The fraction of sp³-hybridized carbons (Fsp3) is 0.417. The first-order valence-electron chi connectivity index (χ1n) is 5.59. The Labute approximate surface area is 114 Å². The molecule has 1 aromatic rings. The number of nitrogens with one attached hydrogen (secondary N) is 1. The number of halogens is 1. The van der Waals surface area contributed by atoms with Crippen molar-refractivity contribution in [2.24, 2.45) is 0 Å². The number of piperazine rings is 1. The topological polar surface area (TPSA) is 62.3 Å². The molecule has 1 aromatic heterocycles. The Bertz CT molecular complexity index is 502. The highest BCUT2D eigenvalue weighted by Gasteiger charge is 2.39. The van der Waals surface area contributed by atoms with Crippen molar-refractivity contribution in [3.8, 4) is 0 Å². The second kappa shape index (κ2) is 4.78. The fourth-order valence-corrected chi connectivity index (χ4v) is 2.22. The molecule has 5 nitrogen and oxygen atoms in total. The Morgan fingerprint density at radius 3 is 2.83 bits per heavy atom. The van der Waals surface area contributed by atoms with Gasteiger partial charge in [-0.15, -0.1) is 0 Å². The molecule has 0 atom stereocenters. The van der Waals surface area contributed by atoms with Crippen LogP contribution in [0.4, 0.5) is 0 Å². The lowest BCUT2D eigenvalue weighted by atomic mass is 10.00. The zero-order chi connectivity index (χ0) is 13.3. The van der Waals surface area contributed by atoms with Crippen LogP contribution in [0.25, 0.3) is 0 Å². The van der Waals surface area contributed by atoms with Gasteiger partial charge < -0.3 is 0 Å². The van der Waals surface area contributed by atoms with E-state index in [1.54, 1.807) is 26.2 Å². The number of hydrogen-bond donors (Lipinski definition) is 1. The van der Waals surface area contributed by atoms with E-state index in [4.69, 9.17) is 0 Å². The van der Waals surface area contributed by atoms with Gasteiger partial charge in [-0.25, -0.2) is 0 Å². The molecule has 2 heterocycles. The van der Waals surface area contributed by atoms with Crippen LogP contribution in [0.1, 0.15) is 19.4 Å². The summed E-state index contributed by atoms with van der Waals surface area (Å²) in [7, 11) is 0. The van der Waals surface area contributed by atoms with Crippen molar-refractivity contribution in [2.45, 2.75) is 25.9 Å². The van der Waals surface area contributed by atoms with E-state index in [2.05, 4.69) is 26.2 Å². The molecule has 2 rings (SSSR count). The molecule has 96 valence electrons. The van der Waals surface area contributed by atoms with Crippen molar-refractivity contribution < 1.29 is 9.59 Å². The van der Waals surface area contributed by atoms with Gasteiger partial charge in [-0.2, -0.15) is 0 Å². The minimum atomic E-state index is -0.701. The molecule has 1 N–H and O–H groups in total. The molecular weight excluding hydrogens is 298 g/mol. The molecule has 6 heteroatoms. The molecule has 1 saturated heterocycles. The van der Waals surface area contributed by atoms with Crippen LogP contribution in [-0.4, -0.2) is 33.8 Å². The Hall–Kier alpha value is -1.27. The number of carbonyl (C=O) groups excluding carboxylic acids is 2. The summed E-state index contributed by atoms with van der Waals surface area (Å²) in [5.41, 5.74) is 0.122. The molecule has 0 saturated carbocycles. The van der Waals surface area contributed by atoms with Gasteiger partial charge in [-0.3, -0.25) is 24.8 Å². The first-order chi connectivity index (χ1) is 8.40. The number of rotatable bonds is 2. The Morgan fingerprint density at radius 2 is 2.17 bits per heavy atom. The van der Waals surface area contributed by atoms with E-state index in [-0.39, 0.29) is 24.9 Å². The Morgan fingerprint density at radius 1 is 1.44 bits per heavy atom. The van der Waals surface area contributed by atoms with Crippen LogP contribution in [-0.2, 0) is 16.1 Å². The maximum absolute atomic E-state index is 12.2. The van der Waals surface area contributed by atoms with Crippen LogP contribution in [0.3, 0.4) is 0 Å². The van der Waals surface area contributed by atoms with Gasteiger partial charge in [-0.1, -0.05) is 0 Å². The molecule has 0 unspecified atom stereocenters. The van der Waals surface area contributed by atoms with Crippen LogP contribution in [0.5, 0.6) is 0 Å². The predicted molar refractivity (Wildman–Crippen MR) is 69.6 cm³/mol. The third-order valence-corrected chi connectivity index (χ3v) is 3.30. The van der Waals surface area contributed by atoms with Gasteiger partial charge in [0, 0.05) is 16.9 Å². The number of carbonyl (C=O) groups is 2. The van der Waals surface area contributed by atoms with E-state index < -0.39 is 5.54 Å². The number of aromatic nitrogens is 1.